The lowest BCUT2D eigenvalue weighted by atomic mass is 10.2. The monoisotopic (exact) mass is 364 g/mol. The summed E-state index contributed by atoms with van der Waals surface area (Å²) in [6.45, 7) is 0. The summed E-state index contributed by atoms with van der Waals surface area (Å²) in [6.07, 6.45) is -4.41. The summed E-state index contributed by atoms with van der Waals surface area (Å²) in [4.78, 5) is 12.3. The van der Waals surface area contributed by atoms with Crippen LogP contribution < -0.4 is 10.1 Å². The number of hydrogen-bond acceptors (Lipinski definition) is 4. The number of benzene rings is 2. The molecule has 0 aliphatic carbocycles. The lowest BCUT2D eigenvalue weighted by Crippen LogP contribution is -2.13. The highest BCUT2D eigenvalue weighted by Crippen LogP contribution is 2.32. The van der Waals surface area contributed by atoms with Gasteiger partial charge in [0.15, 0.2) is 11.4 Å². The highest BCUT2D eigenvalue weighted by Gasteiger charge is 2.30. The summed E-state index contributed by atoms with van der Waals surface area (Å²) in [7, 11) is 0. The fourth-order valence-corrected chi connectivity index (χ4v) is 2.59. The van der Waals surface area contributed by atoms with Crippen LogP contribution in [0.1, 0.15) is 16.1 Å². The smallest absolute Gasteiger partial charge is 0.416 e. The minimum atomic E-state index is -4.41. The quantitative estimate of drug-likeness (QED) is 0.692. The number of carbonyl (C=O) groups is 1. The lowest BCUT2D eigenvalue weighted by Gasteiger charge is -2.09. The summed E-state index contributed by atoms with van der Waals surface area (Å²) in [6, 6.07) is 13.0. The Morgan fingerprint density at radius 1 is 1.04 bits per heavy atom. The summed E-state index contributed by atoms with van der Waals surface area (Å²) in [5.74, 6) is -0.102. The number of amides is 1. The second-order valence-corrected chi connectivity index (χ2v) is 5.60. The van der Waals surface area contributed by atoms with Crippen LogP contribution in [-0.2, 0) is 6.18 Å². The highest BCUT2D eigenvalue weighted by atomic mass is 32.1. The van der Waals surface area contributed by atoms with Gasteiger partial charge in [-0.25, -0.2) is 0 Å². The molecule has 0 saturated heterocycles. The molecule has 3 rings (SSSR count). The Bertz CT molecular complexity index is 862. The van der Waals surface area contributed by atoms with Crippen molar-refractivity contribution in [2.45, 2.75) is 6.18 Å². The fourth-order valence-electron chi connectivity index (χ4n) is 2.00. The molecule has 2 aromatic carbocycles. The summed E-state index contributed by atoms with van der Waals surface area (Å²) < 4.78 is 47.2. The van der Waals surface area contributed by atoms with E-state index in [0.29, 0.717) is 5.69 Å². The Morgan fingerprint density at radius 3 is 2.36 bits per heavy atom. The number of rotatable bonds is 4. The van der Waals surface area contributed by atoms with E-state index in [0.717, 1.165) is 23.7 Å². The molecule has 1 amide bonds. The largest absolute Gasteiger partial charge is 0.454 e. The predicted molar refractivity (Wildman–Crippen MR) is 88.0 cm³/mol. The molecule has 8 heteroatoms. The van der Waals surface area contributed by atoms with Gasteiger partial charge in [-0.15, -0.1) is 0 Å². The number of carbonyl (C=O) groups excluding carboxylic acids is 1. The van der Waals surface area contributed by atoms with Gasteiger partial charge in [-0.3, -0.25) is 4.79 Å². The Balaban J connectivity index is 1.74. The third-order valence-electron chi connectivity index (χ3n) is 3.19. The zero-order chi connectivity index (χ0) is 17.9. The normalized spacial score (nSPS) is 11.2. The van der Waals surface area contributed by atoms with Crippen molar-refractivity contribution in [1.82, 2.24) is 4.37 Å². The molecule has 4 nitrogen and oxygen atoms in total. The molecule has 0 saturated carbocycles. The predicted octanol–water partition coefficient (Wildman–Crippen LogP) is 5.21. The molecular formula is C17H11F3N2O2S. The fraction of sp³-hybridized carbons (Fsp3) is 0.0588. The summed E-state index contributed by atoms with van der Waals surface area (Å²) in [5.41, 5.74) is -0.111. The Morgan fingerprint density at radius 2 is 1.72 bits per heavy atom. The van der Waals surface area contributed by atoms with E-state index in [4.69, 9.17) is 4.74 Å². The second kappa shape index (κ2) is 6.94. The van der Waals surface area contributed by atoms with Gasteiger partial charge in [-0.2, -0.15) is 17.5 Å². The first kappa shape index (κ1) is 17.0. The van der Waals surface area contributed by atoms with Gasteiger partial charge in [0.05, 0.1) is 10.9 Å². The number of para-hydroxylation sites is 1. The molecule has 0 spiro atoms. The molecule has 0 radical (unpaired) electrons. The average molecular weight is 364 g/mol. The van der Waals surface area contributed by atoms with Gasteiger partial charge in [0.25, 0.3) is 5.91 Å². The van der Waals surface area contributed by atoms with Crippen LogP contribution in [0.25, 0.3) is 0 Å². The van der Waals surface area contributed by atoms with Crippen molar-refractivity contribution in [3.05, 3.63) is 71.2 Å². The number of anilines is 1. The third kappa shape index (κ3) is 4.16. The van der Waals surface area contributed by atoms with Crippen LogP contribution in [0.5, 0.6) is 11.5 Å². The number of nitrogens with zero attached hydrogens (tertiary/aromatic N) is 1. The van der Waals surface area contributed by atoms with Crippen molar-refractivity contribution in [2.75, 3.05) is 5.32 Å². The maximum Gasteiger partial charge on any atom is 0.416 e. The zero-order valence-electron chi connectivity index (χ0n) is 12.6. The van der Waals surface area contributed by atoms with Crippen LogP contribution in [0.2, 0.25) is 0 Å². The van der Waals surface area contributed by atoms with Crippen molar-refractivity contribution < 1.29 is 22.7 Å². The number of alkyl halides is 3. The number of halogens is 3. The molecule has 0 aliphatic heterocycles. The third-order valence-corrected chi connectivity index (χ3v) is 3.80. The molecule has 1 heterocycles. The van der Waals surface area contributed by atoms with Gasteiger partial charge in [0, 0.05) is 5.69 Å². The van der Waals surface area contributed by atoms with Crippen molar-refractivity contribution in [3.8, 4) is 11.5 Å². The molecule has 0 unspecified atom stereocenters. The van der Waals surface area contributed by atoms with E-state index in [2.05, 4.69) is 9.69 Å². The summed E-state index contributed by atoms with van der Waals surface area (Å²) >= 11 is 1.02. The molecule has 0 bridgehead atoms. The summed E-state index contributed by atoms with van der Waals surface area (Å²) in [5, 5.41) is 4.19. The van der Waals surface area contributed by atoms with Crippen LogP contribution in [0, 0.1) is 0 Å². The van der Waals surface area contributed by atoms with Crippen LogP contribution in [0.3, 0.4) is 0 Å². The maximum atomic E-state index is 12.6. The number of nitrogens with one attached hydrogen (secondary N) is 1. The Kier molecular flexibility index (Phi) is 4.71. The number of hydrogen-bond donors (Lipinski definition) is 1. The van der Waals surface area contributed by atoms with E-state index in [-0.39, 0.29) is 17.2 Å². The minimum absolute atomic E-state index is 0.0637. The molecule has 0 aliphatic rings. The first-order valence-corrected chi connectivity index (χ1v) is 7.93. The number of aromatic nitrogens is 1. The topological polar surface area (TPSA) is 51.2 Å². The second-order valence-electron chi connectivity index (χ2n) is 4.97. The van der Waals surface area contributed by atoms with Crippen molar-refractivity contribution in [1.29, 1.82) is 0 Å². The lowest BCUT2D eigenvalue weighted by molar-refractivity contribution is -0.137. The van der Waals surface area contributed by atoms with Gasteiger partial charge in [0.2, 0.25) is 0 Å². The molecular weight excluding hydrogens is 353 g/mol. The standard InChI is InChI=1S/C17H11F3N2O2S/c18-17(19,20)11-6-8-13(9-7-11)24-14-10-25-22-15(14)16(23)21-12-4-2-1-3-5-12/h1-10H,(H,21,23). The molecule has 3 aromatic rings. The van der Waals surface area contributed by atoms with E-state index < -0.39 is 17.6 Å². The van der Waals surface area contributed by atoms with E-state index in [9.17, 15) is 18.0 Å². The minimum Gasteiger partial charge on any atom is -0.454 e. The van der Waals surface area contributed by atoms with E-state index >= 15 is 0 Å². The Hall–Kier alpha value is -2.87. The van der Waals surface area contributed by atoms with Crippen LogP contribution in [0.15, 0.2) is 60.0 Å². The van der Waals surface area contributed by atoms with Crippen molar-refractivity contribution in [3.63, 3.8) is 0 Å². The highest BCUT2D eigenvalue weighted by molar-refractivity contribution is 7.04. The molecule has 128 valence electrons. The molecule has 1 N–H and O–H groups in total. The first-order valence-electron chi connectivity index (χ1n) is 7.09. The Labute approximate surface area is 145 Å². The zero-order valence-corrected chi connectivity index (χ0v) is 13.4. The molecule has 0 fully saturated rings. The SMILES string of the molecule is O=C(Nc1ccccc1)c1nscc1Oc1ccc(C(F)(F)F)cc1. The van der Waals surface area contributed by atoms with Gasteiger partial charge >= 0.3 is 6.18 Å². The van der Waals surface area contributed by atoms with Crippen molar-refractivity contribution in [2.24, 2.45) is 0 Å². The van der Waals surface area contributed by atoms with E-state index in [1.54, 1.807) is 24.3 Å². The van der Waals surface area contributed by atoms with Crippen molar-refractivity contribution >= 4 is 23.1 Å². The molecule has 0 atom stereocenters. The van der Waals surface area contributed by atoms with Crippen LogP contribution >= 0.6 is 11.5 Å². The van der Waals surface area contributed by atoms with Crippen LogP contribution in [-0.4, -0.2) is 10.3 Å². The first-order chi connectivity index (χ1) is 11.9. The maximum absolute atomic E-state index is 12.6. The van der Waals surface area contributed by atoms with E-state index in [1.165, 1.54) is 17.5 Å². The number of ether oxygens (including phenoxy) is 1. The van der Waals surface area contributed by atoms with Crippen LogP contribution in [0.4, 0.5) is 18.9 Å². The van der Waals surface area contributed by atoms with Gasteiger partial charge < -0.3 is 10.1 Å². The van der Waals surface area contributed by atoms with E-state index in [1.807, 2.05) is 6.07 Å². The molecule has 1 aromatic heterocycles. The van der Waals surface area contributed by atoms with Gasteiger partial charge in [-0.1, -0.05) is 18.2 Å². The van der Waals surface area contributed by atoms with Gasteiger partial charge in [0.1, 0.15) is 5.75 Å². The van der Waals surface area contributed by atoms with Gasteiger partial charge in [-0.05, 0) is 47.9 Å². The average Bonchev–Trinajstić information content (AvgIpc) is 3.04. The molecule has 25 heavy (non-hydrogen) atoms.